The maximum Gasteiger partial charge on any atom is 0.253 e. The average molecular weight is 408 g/mol. The van der Waals surface area contributed by atoms with Crippen LogP contribution in [0.3, 0.4) is 0 Å². The summed E-state index contributed by atoms with van der Waals surface area (Å²) in [7, 11) is 0. The normalized spacial score (nSPS) is 10.5. The van der Waals surface area contributed by atoms with Gasteiger partial charge in [-0.2, -0.15) is 0 Å². The van der Waals surface area contributed by atoms with Crippen LogP contribution in [0.15, 0.2) is 41.6 Å². The second kappa shape index (κ2) is 9.59. The van der Waals surface area contributed by atoms with Gasteiger partial charge in [-0.1, -0.05) is 0 Å². The maximum atomic E-state index is 12.0. The third-order valence-electron chi connectivity index (χ3n) is 4.09. The zero-order valence-electron chi connectivity index (χ0n) is 17.1. The van der Waals surface area contributed by atoms with E-state index >= 15 is 0 Å². The monoisotopic (exact) mass is 408 g/mol. The van der Waals surface area contributed by atoms with E-state index in [1.165, 1.54) is 17.0 Å². The summed E-state index contributed by atoms with van der Waals surface area (Å²) in [6.45, 7) is 6.28. The van der Waals surface area contributed by atoms with Crippen LogP contribution >= 0.6 is 0 Å². The van der Waals surface area contributed by atoms with Crippen LogP contribution in [0.2, 0.25) is 0 Å². The zero-order valence-corrected chi connectivity index (χ0v) is 17.1. The molecule has 0 unspecified atom stereocenters. The number of hydrogen-bond acceptors (Lipinski definition) is 8. The van der Waals surface area contributed by atoms with Crippen LogP contribution in [0.5, 0.6) is 0 Å². The molecule has 10 heteroatoms. The highest BCUT2D eigenvalue weighted by molar-refractivity contribution is 5.75. The Morgan fingerprint density at radius 3 is 2.57 bits per heavy atom. The second-order valence-electron chi connectivity index (χ2n) is 6.80. The van der Waals surface area contributed by atoms with Gasteiger partial charge in [0.25, 0.3) is 5.56 Å². The van der Waals surface area contributed by atoms with Gasteiger partial charge in [-0.3, -0.25) is 14.2 Å². The molecule has 156 valence electrons. The van der Waals surface area contributed by atoms with Gasteiger partial charge >= 0.3 is 0 Å². The molecule has 3 aromatic heterocycles. The van der Waals surface area contributed by atoms with E-state index in [9.17, 15) is 9.59 Å². The minimum Gasteiger partial charge on any atom is -0.368 e. The Kier molecular flexibility index (Phi) is 6.68. The molecule has 0 bridgehead atoms. The van der Waals surface area contributed by atoms with Crippen molar-refractivity contribution >= 4 is 23.4 Å². The van der Waals surface area contributed by atoms with Crippen LogP contribution in [-0.2, 0) is 11.3 Å². The number of anilines is 3. The Hall–Kier alpha value is -3.82. The molecule has 30 heavy (non-hydrogen) atoms. The van der Waals surface area contributed by atoms with E-state index < -0.39 is 0 Å². The molecule has 0 fully saturated rings. The summed E-state index contributed by atoms with van der Waals surface area (Å²) < 4.78 is 1.26. The smallest absolute Gasteiger partial charge is 0.253 e. The molecule has 0 aliphatic carbocycles. The van der Waals surface area contributed by atoms with Crippen molar-refractivity contribution in [3.05, 3.63) is 64.2 Å². The molecule has 0 aliphatic rings. The first-order valence-electron chi connectivity index (χ1n) is 9.48. The number of nitrogens with zero attached hydrogens (tertiary/aromatic N) is 5. The van der Waals surface area contributed by atoms with Crippen molar-refractivity contribution in [2.24, 2.45) is 0 Å². The number of aryl methyl sites for hydroxylation is 3. The van der Waals surface area contributed by atoms with Gasteiger partial charge < -0.3 is 16.0 Å². The van der Waals surface area contributed by atoms with Crippen molar-refractivity contribution in [2.75, 3.05) is 23.7 Å². The predicted octanol–water partition coefficient (Wildman–Crippen LogP) is 1.33. The Morgan fingerprint density at radius 2 is 1.80 bits per heavy atom. The highest BCUT2D eigenvalue weighted by Crippen LogP contribution is 2.16. The van der Waals surface area contributed by atoms with Crippen molar-refractivity contribution in [2.45, 2.75) is 27.3 Å². The van der Waals surface area contributed by atoms with Crippen LogP contribution in [0.25, 0.3) is 0 Å². The summed E-state index contributed by atoms with van der Waals surface area (Å²) in [6.07, 6.45) is 3.10. The first-order valence-corrected chi connectivity index (χ1v) is 9.48. The summed E-state index contributed by atoms with van der Waals surface area (Å²) in [5.74, 6) is 2.29. The summed E-state index contributed by atoms with van der Waals surface area (Å²) in [5, 5.41) is 9.08. The molecule has 0 aliphatic heterocycles. The van der Waals surface area contributed by atoms with Gasteiger partial charge in [0.05, 0.1) is 6.33 Å². The molecular weight excluding hydrogens is 384 g/mol. The highest BCUT2D eigenvalue weighted by atomic mass is 16.2. The van der Waals surface area contributed by atoms with E-state index in [4.69, 9.17) is 0 Å². The Labute approximate surface area is 173 Å². The number of hydrogen-bond donors (Lipinski definition) is 3. The van der Waals surface area contributed by atoms with Crippen molar-refractivity contribution in [1.82, 2.24) is 29.8 Å². The molecule has 0 atom stereocenters. The van der Waals surface area contributed by atoms with Crippen molar-refractivity contribution in [3.8, 4) is 0 Å². The van der Waals surface area contributed by atoms with Crippen molar-refractivity contribution in [3.63, 3.8) is 0 Å². The minimum absolute atomic E-state index is 0.0731. The summed E-state index contributed by atoms with van der Waals surface area (Å²) in [4.78, 5) is 40.8. The lowest BCUT2D eigenvalue weighted by molar-refractivity contribution is -0.121. The average Bonchev–Trinajstić information content (AvgIpc) is 2.67. The molecule has 3 rings (SSSR count). The molecular formula is C20H24N8O2. The lowest BCUT2D eigenvalue weighted by Gasteiger charge is -2.11. The second-order valence-corrected chi connectivity index (χ2v) is 6.80. The topological polar surface area (TPSA) is 127 Å². The number of pyridine rings is 1. The molecule has 10 nitrogen and oxygen atoms in total. The first kappa shape index (κ1) is 20.9. The molecule has 3 aromatic rings. The summed E-state index contributed by atoms with van der Waals surface area (Å²) in [6, 6.07) is 7.01. The number of aromatic nitrogens is 5. The standard InChI is InChI=1S/C20H24N8O2/c1-13-4-5-21-16(8-13)27-18-10-17(25-15(3)26-18)22-6-7-23-19(29)11-28-12-24-14(2)9-20(28)30/h4-5,8-10,12H,6-7,11H2,1-3H3,(H,23,29)(H2,21,22,25,26,27). The van der Waals surface area contributed by atoms with Gasteiger partial charge in [0.1, 0.15) is 29.8 Å². The van der Waals surface area contributed by atoms with Gasteiger partial charge in [-0.05, 0) is 38.5 Å². The number of nitrogens with one attached hydrogen (secondary N) is 3. The molecule has 0 saturated carbocycles. The number of amides is 1. The third-order valence-corrected chi connectivity index (χ3v) is 4.09. The predicted molar refractivity (Wildman–Crippen MR) is 114 cm³/mol. The Morgan fingerprint density at radius 1 is 1.00 bits per heavy atom. The fraction of sp³-hybridized carbons (Fsp3) is 0.300. The lowest BCUT2D eigenvalue weighted by Crippen LogP contribution is -2.34. The molecule has 0 saturated heterocycles. The van der Waals surface area contributed by atoms with E-state index in [1.54, 1.807) is 26.1 Å². The fourth-order valence-corrected chi connectivity index (χ4v) is 2.70. The van der Waals surface area contributed by atoms with E-state index in [0.717, 1.165) is 5.56 Å². The van der Waals surface area contributed by atoms with Crippen molar-refractivity contribution < 1.29 is 4.79 Å². The van der Waals surface area contributed by atoms with E-state index in [-0.39, 0.29) is 18.0 Å². The Balaban J connectivity index is 1.50. The molecule has 3 N–H and O–H groups in total. The largest absolute Gasteiger partial charge is 0.368 e. The van der Waals surface area contributed by atoms with Gasteiger partial charge in [0.15, 0.2) is 0 Å². The van der Waals surface area contributed by atoms with Crippen LogP contribution in [0, 0.1) is 20.8 Å². The van der Waals surface area contributed by atoms with E-state index in [2.05, 4.69) is 35.9 Å². The highest BCUT2D eigenvalue weighted by Gasteiger charge is 2.06. The lowest BCUT2D eigenvalue weighted by atomic mass is 10.3. The quantitative estimate of drug-likeness (QED) is 0.477. The molecule has 0 aromatic carbocycles. The van der Waals surface area contributed by atoms with E-state index in [0.29, 0.717) is 42.1 Å². The number of carbonyl (C=O) groups is 1. The molecule has 0 spiro atoms. The van der Waals surface area contributed by atoms with Crippen LogP contribution < -0.4 is 21.5 Å². The number of rotatable bonds is 8. The van der Waals surface area contributed by atoms with Crippen LogP contribution in [-0.4, -0.2) is 43.5 Å². The third kappa shape index (κ3) is 6.09. The van der Waals surface area contributed by atoms with Crippen molar-refractivity contribution in [1.29, 1.82) is 0 Å². The van der Waals surface area contributed by atoms with Gasteiger partial charge in [0.2, 0.25) is 5.91 Å². The summed E-state index contributed by atoms with van der Waals surface area (Å²) >= 11 is 0. The molecule has 1 amide bonds. The van der Waals surface area contributed by atoms with Gasteiger partial charge in [0, 0.05) is 37.1 Å². The zero-order chi connectivity index (χ0) is 21.5. The van der Waals surface area contributed by atoms with Gasteiger partial charge in [-0.15, -0.1) is 0 Å². The Bertz CT molecular complexity index is 1100. The minimum atomic E-state index is -0.267. The molecule has 0 radical (unpaired) electrons. The number of carbonyl (C=O) groups excluding carboxylic acids is 1. The van der Waals surface area contributed by atoms with Crippen LogP contribution in [0.4, 0.5) is 17.5 Å². The SMILES string of the molecule is Cc1ccnc(Nc2cc(NCCNC(=O)Cn3cnc(C)cc3=O)nc(C)n2)c1. The molecule has 3 heterocycles. The van der Waals surface area contributed by atoms with Gasteiger partial charge in [-0.25, -0.2) is 19.9 Å². The first-order chi connectivity index (χ1) is 14.4. The summed E-state index contributed by atoms with van der Waals surface area (Å²) in [5.41, 5.74) is 1.46. The fourth-order valence-electron chi connectivity index (χ4n) is 2.70. The van der Waals surface area contributed by atoms with E-state index in [1.807, 2.05) is 19.1 Å². The maximum absolute atomic E-state index is 12.0. The van der Waals surface area contributed by atoms with Crippen LogP contribution in [0.1, 0.15) is 17.1 Å².